The van der Waals surface area contributed by atoms with E-state index in [0.717, 1.165) is 4.57 Å². The van der Waals surface area contributed by atoms with Crippen LogP contribution < -0.4 is 5.56 Å². The van der Waals surface area contributed by atoms with Gasteiger partial charge in [-0.2, -0.15) is 0 Å². The molecule has 6 nitrogen and oxygen atoms in total. The lowest BCUT2D eigenvalue weighted by Gasteiger charge is -2.16. The molecule has 0 spiro atoms. The molecule has 7 heteroatoms. The van der Waals surface area contributed by atoms with Gasteiger partial charge in [0.05, 0.1) is 10.6 Å². The fourth-order valence-corrected chi connectivity index (χ4v) is 2.58. The highest BCUT2D eigenvalue weighted by Crippen LogP contribution is 2.26. The minimum Gasteiger partial charge on any atom is -0.480 e. The molecule has 0 aliphatic carbocycles. The van der Waals surface area contributed by atoms with Crippen LogP contribution in [0.4, 0.5) is 0 Å². The maximum Gasteiger partial charge on any atom is 0.341 e. The number of aromatic carboxylic acids is 1. The van der Waals surface area contributed by atoms with Gasteiger partial charge in [0, 0.05) is 0 Å². The van der Waals surface area contributed by atoms with Gasteiger partial charge < -0.3 is 10.2 Å². The summed E-state index contributed by atoms with van der Waals surface area (Å²) < 4.78 is 0.998. The summed E-state index contributed by atoms with van der Waals surface area (Å²) in [6, 6.07) is 5.01. The highest BCUT2D eigenvalue weighted by Gasteiger charge is 2.22. The van der Waals surface area contributed by atoms with E-state index < -0.39 is 29.1 Å². The van der Waals surface area contributed by atoms with E-state index in [-0.39, 0.29) is 0 Å². The molecule has 1 atom stereocenters. The lowest BCUT2D eigenvalue weighted by molar-refractivity contribution is -0.140. The highest BCUT2D eigenvalue weighted by atomic mass is 32.1. The number of carboxylic acids is 2. The summed E-state index contributed by atoms with van der Waals surface area (Å²) in [7, 11) is 0. The van der Waals surface area contributed by atoms with Gasteiger partial charge in [-0.15, -0.1) is 11.3 Å². The van der Waals surface area contributed by atoms with Crippen molar-refractivity contribution in [3.8, 4) is 10.6 Å². The number of carboxylic acid groups (broad SMARTS) is 2. The molecule has 0 saturated heterocycles. The highest BCUT2D eigenvalue weighted by molar-refractivity contribution is 7.13. The molecule has 0 aromatic carbocycles. The van der Waals surface area contributed by atoms with E-state index in [9.17, 15) is 14.4 Å². The molecule has 0 aliphatic rings. The predicted octanol–water partition coefficient (Wildman–Crippen LogP) is 1.92. The fourth-order valence-electron chi connectivity index (χ4n) is 1.84. The first-order valence-electron chi connectivity index (χ1n) is 5.69. The Bertz CT molecular complexity index is 717. The van der Waals surface area contributed by atoms with Crippen LogP contribution in [0.15, 0.2) is 34.4 Å². The van der Waals surface area contributed by atoms with E-state index >= 15 is 0 Å². The summed E-state index contributed by atoms with van der Waals surface area (Å²) in [5.74, 6) is -2.58. The van der Waals surface area contributed by atoms with Gasteiger partial charge >= 0.3 is 11.9 Å². The van der Waals surface area contributed by atoms with Crippen molar-refractivity contribution in [1.82, 2.24) is 4.57 Å². The predicted molar refractivity (Wildman–Crippen MR) is 73.3 cm³/mol. The van der Waals surface area contributed by atoms with Crippen LogP contribution in [0.2, 0.25) is 0 Å². The molecule has 2 heterocycles. The summed E-state index contributed by atoms with van der Waals surface area (Å²) in [4.78, 5) is 35.1. The van der Waals surface area contributed by atoms with Crippen LogP contribution >= 0.6 is 11.3 Å². The van der Waals surface area contributed by atoms with Crippen molar-refractivity contribution in [1.29, 1.82) is 0 Å². The Kier molecular flexibility index (Phi) is 3.71. The SMILES string of the molecule is CC(C(=O)O)n1c(-c2cccs2)ccc(C(=O)O)c1=O. The van der Waals surface area contributed by atoms with Crippen molar-refractivity contribution in [2.75, 3.05) is 0 Å². The maximum absolute atomic E-state index is 12.2. The van der Waals surface area contributed by atoms with E-state index in [1.54, 1.807) is 17.5 Å². The van der Waals surface area contributed by atoms with Gasteiger partial charge in [-0.25, -0.2) is 9.59 Å². The van der Waals surface area contributed by atoms with Crippen LogP contribution in [-0.4, -0.2) is 26.7 Å². The van der Waals surface area contributed by atoms with Crippen molar-refractivity contribution >= 4 is 23.3 Å². The molecule has 1 unspecified atom stereocenters. The number of pyridine rings is 1. The van der Waals surface area contributed by atoms with Crippen LogP contribution in [0.5, 0.6) is 0 Å². The third-order valence-electron chi connectivity index (χ3n) is 2.87. The summed E-state index contributed by atoms with van der Waals surface area (Å²) >= 11 is 1.34. The van der Waals surface area contributed by atoms with Crippen molar-refractivity contribution in [2.24, 2.45) is 0 Å². The number of aromatic nitrogens is 1. The second-order valence-corrected chi connectivity index (χ2v) is 5.05. The van der Waals surface area contributed by atoms with Gasteiger partial charge in [0.15, 0.2) is 0 Å². The standard InChI is InChI=1S/C13H11NO5S/c1-7(12(16)17)14-9(10-3-2-6-20-10)5-4-8(11(14)15)13(18)19/h2-7H,1H3,(H,16,17)(H,18,19). The van der Waals surface area contributed by atoms with Crippen LogP contribution in [-0.2, 0) is 4.79 Å². The summed E-state index contributed by atoms with van der Waals surface area (Å²) in [6.45, 7) is 1.34. The van der Waals surface area contributed by atoms with Crippen molar-refractivity contribution in [3.63, 3.8) is 0 Å². The summed E-state index contributed by atoms with van der Waals surface area (Å²) in [5, 5.41) is 19.9. The Hall–Kier alpha value is -2.41. The third-order valence-corrected chi connectivity index (χ3v) is 3.76. The monoisotopic (exact) mass is 293 g/mol. The number of nitrogens with zero attached hydrogens (tertiary/aromatic N) is 1. The molecule has 2 aromatic rings. The summed E-state index contributed by atoms with van der Waals surface area (Å²) in [6.07, 6.45) is 0. The average molecular weight is 293 g/mol. The zero-order valence-corrected chi connectivity index (χ0v) is 11.3. The minimum absolute atomic E-state index is 0.393. The maximum atomic E-state index is 12.2. The van der Waals surface area contributed by atoms with Gasteiger partial charge in [-0.3, -0.25) is 9.36 Å². The smallest absolute Gasteiger partial charge is 0.341 e. The number of carbonyl (C=O) groups is 2. The topological polar surface area (TPSA) is 96.6 Å². The molecule has 0 amide bonds. The molecule has 0 saturated carbocycles. The average Bonchev–Trinajstić information content (AvgIpc) is 2.90. The molecule has 2 N–H and O–H groups in total. The van der Waals surface area contributed by atoms with E-state index in [0.29, 0.717) is 10.6 Å². The van der Waals surface area contributed by atoms with Crippen LogP contribution in [0.1, 0.15) is 23.3 Å². The Morgan fingerprint density at radius 3 is 2.45 bits per heavy atom. The molecule has 0 bridgehead atoms. The summed E-state index contributed by atoms with van der Waals surface area (Å²) in [5.41, 5.74) is -0.874. The van der Waals surface area contributed by atoms with E-state index in [1.165, 1.54) is 30.4 Å². The van der Waals surface area contributed by atoms with Gasteiger partial charge in [-0.05, 0) is 30.5 Å². The van der Waals surface area contributed by atoms with Gasteiger partial charge in [0.2, 0.25) is 0 Å². The normalized spacial score (nSPS) is 12.1. The molecular weight excluding hydrogens is 282 g/mol. The van der Waals surface area contributed by atoms with E-state index in [2.05, 4.69) is 0 Å². The van der Waals surface area contributed by atoms with Gasteiger partial charge in [0.25, 0.3) is 5.56 Å². The first kappa shape index (κ1) is 14.0. The molecule has 0 aliphatic heterocycles. The first-order valence-corrected chi connectivity index (χ1v) is 6.57. The zero-order chi connectivity index (χ0) is 14.9. The second kappa shape index (κ2) is 5.30. The molecule has 0 fully saturated rings. The van der Waals surface area contributed by atoms with Crippen molar-refractivity contribution < 1.29 is 19.8 Å². The largest absolute Gasteiger partial charge is 0.480 e. The van der Waals surface area contributed by atoms with E-state index in [1.807, 2.05) is 0 Å². The number of thiophene rings is 1. The van der Waals surface area contributed by atoms with Crippen LogP contribution in [0, 0.1) is 0 Å². The number of hydrogen-bond acceptors (Lipinski definition) is 4. The first-order chi connectivity index (χ1) is 9.43. The number of aliphatic carboxylic acids is 1. The van der Waals surface area contributed by atoms with Crippen molar-refractivity contribution in [2.45, 2.75) is 13.0 Å². The zero-order valence-electron chi connectivity index (χ0n) is 10.4. The molecule has 2 rings (SSSR count). The Labute approximate surface area is 117 Å². The Balaban J connectivity index is 2.76. The third kappa shape index (κ3) is 2.35. The molecule has 20 heavy (non-hydrogen) atoms. The number of rotatable bonds is 4. The molecule has 104 valence electrons. The van der Waals surface area contributed by atoms with E-state index in [4.69, 9.17) is 10.2 Å². The van der Waals surface area contributed by atoms with Gasteiger partial charge in [-0.1, -0.05) is 6.07 Å². The fraction of sp³-hybridized carbons (Fsp3) is 0.154. The molecular formula is C13H11NO5S. The Morgan fingerprint density at radius 2 is 1.95 bits per heavy atom. The quantitative estimate of drug-likeness (QED) is 0.897. The van der Waals surface area contributed by atoms with Gasteiger partial charge in [0.1, 0.15) is 11.6 Å². The molecule has 2 aromatic heterocycles. The van der Waals surface area contributed by atoms with Crippen LogP contribution in [0.3, 0.4) is 0 Å². The lowest BCUT2D eigenvalue weighted by Crippen LogP contribution is -2.32. The lowest BCUT2D eigenvalue weighted by atomic mass is 10.2. The van der Waals surface area contributed by atoms with Crippen molar-refractivity contribution in [3.05, 3.63) is 45.6 Å². The minimum atomic E-state index is -1.38. The van der Waals surface area contributed by atoms with Crippen LogP contribution in [0.25, 0.3) is 10.6 Å². The Morgan fingerprint density at radius 1 is 1.25 bits per heavy atom. The molecule has 0 radical (unpaired) electrons. The number of hydrogen-bond donors (Lipinski definition) is 2. The second-order valence-electron chi connectivity index (χ2n) is 4.10.